The monoisotopic (exact) mass is 237 g/mol. The van der Waals surface area contributed by atoms with Crippen LogP contribution in [0.2, 0.25) is 0 Å². The first-order valence-electron chi connectivity index (χ1n) is 5.67. The molecule has 1 aromatic carbocycles. The number of hydrogen-bond acceptors (Lipinski definition) is 3. The topological polar surface area (TPSA) is 46.7 Å². The van der Waals surface area contributed by atoms with E-state index in [1.807, 2.05) is 49.4 Å². The number of fused-ring (bicyclic) bond motifs is 1. The van der Waals surface area contributed by atoms with Crippen molar-refractivity contribution in [3.63, 3.8) is 0 Å². The molecular formula is C14H11N3O. The van der Waals surface area contributed by atoms with Crippen LogP contribution in [-0.2, 0) is 0 Å². The zero-order valence-corrected chi connectivity index (χ0v) is 9.87. The summed E-state index contributed by atoms with van der Waals surface area (Å²) in [5.74, 6) is 0.344. The largest absolute Gasteiger partial charge is 0.281 e. The number of aryl methyl sites for hydroxylation is 1. The minimum absolute atomic E-state index is 0.344. The Morgan fingerprint density at radius 1 is 1.17 bits per heavy atom. The van der Waals surface area contributed by atoms with Crippen LogP contribution in [0.4, 0.5) is 5.82 Å². The van der Waals surface area contributed by atoms with Gasteiger partial charge in [0.15, 0.2) is 0 Å². The van der Waals surface area contributed by atoms with Crippen molar-refractivity contribution in [1.29, 1.82) is 0 Å². The molecule has 2 heterocycles. The highest BCUT2D eigenvalue weighted by Gasteiger charge is 2.14. The molecule has 3 aromatic rings. The zero-order valence-electron chi connectivity index (χ0n) is 9.87. The van der Waals surface area contributed by atoms with Gasteiger partial charge in [0, 0.05) is 11.8 Å². The van der Waals surface area contributed by atoms with Crippen molar-refractivity contribution < 1.29 is 0 Å². The molecule has 0 aliphatic heterocycles. The number of imidazole rings is 1. The van der Waals surface area contributed by atoms with E-state index in [1.165, 1.54) is 0 Å². The predicted molar refractivity (Wildman–Crippen MR) is 70.8 cm³/mol. The van der Waals surface area contributed by atoms with Crippen LogP contribution in [0.25, 0.3) is 16.9 Å². The number of aromatic nitrogens is 2. The molecule has 0 radical (unpaired) electrons. The van der Waals surface area contributed by atoms with Gasteiger partial charge in [-0.15, -0.1) is 4.91 Å². The summed E-state index contributed by atoms with van der Waals surface area (Å²) in [6.45, 7) is 2.01. The van der Waals surface area contributed by atoms with Gasteiger partial charge in [-0.25, -0.2) is 4.98 Å². The molecule has 2 aromatic heterocycles. The van der Waals surface area contributed by atoms with Gasteiger partial charge in [0.25, 0.3) is 0 Å². The number of benzene rings is 1. The summed E-state index contributed by atoms with van der Waals surface area (Å²) in [5, 5.41) is 3.12. The summed E-state index contributed by atoms with van der Waals surface area (Å²) in [5.41, 5.74) is 3.39. The summed E-state index contributed by atoms with van der Waals surface area (Å²) in [6.07, 6.45) is 1.79. The first kappa shape index (κ1) is 10.7. The Bertz CT molecular complexity index is 731. The third-order valence-electron chi connectivity index (χ3n) is 2.88. The second-order valence-electron chi connectivity index (χ2n) is 4.17. The van der Waals surface area contributed by atoms with Gasteiger partial charge in [0.05, 0.1) is 0 Å². The highest BCUT2D eigenvalue weighted by molar-refractivity contribution is 5.74. The number of pyridine rings is 1. The summed E-state index contributed by atoms with van der Waals surface area (Å²) >= 11 is 0. The van der Waals surface area contributed by atoms with E-state index < -0.39 is 0 Å². The molecule has 0 N–H and O–H groups in total. The molecule has 0 aliphatic rings. The molecule has 4 heteroatoms. The Labute approximate surface area is 104 Å². The maximum Gasteiger partial charge on any atom is 0.209 e. The molecule has 18 heavy (non-hydrogen) atoms. The molecule has 0 spiro atoms. The van der Waals surface area contributed by atoms with Gasteiger partial charge in [0.1, 0.15) is 11.3 Å². The molecule has 0 amide bonds. The molecule has 0 saturated heterocycles. The van der Waals surface area contributed by atoms with E-state index >= 15 is 0 Å². The Hall–Kier alpha value is -2.49. The fraction of sp³-hybridized carbons (Fsp3) is 0.0714. The van der Waals surface area contributed by atoms with E-state index in [9.17, 15) is 4.91 Å². The number of nitroso groups, excluding NO2 is 1. The molecule has 0 bridgehead atoms. The lowest BCUT2D eigenvalue weighted by atomic mass is 10.1. The SMILES string of the molecule is Cc1cccc(-c2nc3ccccn3c2N=O)c1. The molecule has 88 valence electrons. The van der Waals surface area contributed by atoms with Crippen molar-refractivity contribution in [2.24, 2.45) is 5.18 Å². The average Bonchev–Trinajstić information content (AvgIpc) is 2.77. The highest BCUT2D eigenvalue weighted by atomic mass is 16.3. The van der Waals surface area contributed by atoms with E-state index in [-0.39, 0.29) is 0 Å². The maximum atomic E-state index is 11.0. The third-order valence-corrected chi connectivity index (χ3v) is 2.88. The average molecular weight is 237 g/mol. The molecule has 3 rings (SSSR count). The molecular weight excluding hydrogens is 226 g/mol. The van der Waals surface area contributed by atoms with Crippen LogP contribution in [0, 0.1) is 11.8 Å². The molecule has 0 aliphatic carbocycles. The van der Waals surface area contributed by atoms with E-state index in [4.69, 9.17) is 0 Å². The van der Waals surface area contributed by atoms with Crippen LogP contribution in [0.1, 0.15) is 5.56 Å². The van der Waals surface area contributed by atoms with Crippen LogP contribution in [-0.4, -0.2) is 9.38 Å². The minimum atomic E-state index is 0.344. The maximum absolute atomic E-state index is 11.0. The van der Waals surface area contributed by atoms with E-state index in [2.05, 4.69) is 10.2 Å². The van der Waals surface area contributed by atoms with Crippen molar-refractivity contribution in [2.45, 2.75) is 6.92 Å². The van der Waals surface area contributed by atoms with Crippen LogP contribution in [0.5, 0.6) is 0 Å². The van der Waals surface area contributed by atoms with Crippen LogP contribution in [0.15, 0.2) is 53.8 Å². The normalized spacial score (nSPS) is 10.7. The molecule has 0 saturated carbocycles. The lowest BCUT2D eigenvalue weighted by Crippen LogP contribution is -1.81. The smallest absolute Gasteiger partial charge is 0.209 e. The summed E-state index contributed by atoms with van der Waals surface area (Å²) < 4.78 is 1.70. The standard InChI is InChI=1S/C14H11N3O/c1-10-5-4-6-11(9-10)13-14(16-18)17-8-3-2-7-12(17)15-13/h2-9H,1H3. The lowest BCUT2D eigenvalue weighted by Gasteiger charge is -1.99. The number of rotatable bonds is 2. The van der Waals surface area contributed by atoms with Crippen molar-refractivity contribution in [3.8, 4) is 11.3 Å². The summed E-state index contributed by atoms with van der Waals surface area (Å²) in [4.78, 5) is 15.5. The van der Waals surface area contributed by atoms with E-state index in [0.717, 1.165) is 16.8 Å². The number of hydrogen-bond donors (Lipinski definition) is 0. The van der Waals surface area contributed by atoms with Crippen LogP contribution >= 0.6 is 0 Å². The van der Waals surface area contributed by atoms with Gasteiger partial charge in [-0.2, -0.15) is 0 Å². The second-order valence-corrected chi connectivity index (χ2v) is 4.17. The Morgan fingerprint density at radius 3 is 2.83 bits per heavy atom. The molecule has 0 fully saturated rings. The second kappa shape index (κ2) is 4.07. The summed E-state index contributed by atoms with van der Waals surface area (Å²) in [6, 6.07) is 13.5. The molecule has 0 unspecified atom stereocenters. The van der Waals surface area contributed by atoms with Crippen LogP contribution in [0.3, 0.4) is 0 Å². The minimum Gasteiger partial charge on any atom is -0.281 e. The quantitative estimate of drug-likeness (QED) is 0.638. The first-order chi connectivity index (χ1) is 8.79. The van der Waals surface area contributed by atoms with E-state index in [0.29, 0.717) is 11.5 Å². The zero-order chi connectivity index (χ0) is 12.5. The van der Waals surface area contributed by atoms with Gasteiger partial charge in [-0.1, -0.05) is 29.8 Å². The van der Waals surface area contributed by atoms with Crippen molar-refractivity contribution in [2.75, 3.05) is 0 Å². The fourth-order valence-corrected chi connectivity index (χ4v) is 2.06. The summed E-state index contributed by atoms with van der Waals surface area (Å²) in [7, 11) is 0. The Morgan fingerprint density at radius 2 is 2.06 bits per heavy atom. The molecule has 0 atom stereocenters. The van der Waals surface area contributed by atoms with Gasteiger partial charge in [-0.05, 0) is 30.3 Å². The van der Waals surface area contributed by atoms with Crippen molar-refractivity contribution in [1.82, 2.24) is 9.38 Å². The van der Waals surface area contributed by atoms with Gasteiger partial charge < -0.3 is 0 Å². The van der Waals surface area contributed by atoms with Crippen molar-refractivity contribution >= 4 is 11.5 Å². The molecule has 4 nitrogen and oxygen atoms in total. The van der Waals surface area contributed by atoms with Crippen molar-refractivity contribution in [3.05, 3.63) is 59.1 Å². The van der Waals surface area contributed by atoms with Gasteiger partial charge >= 0.3 is 0 Å². The van der Waals surface area contributed by atoms with Gasteiger partial charge in [0.2, 0.25) is 5.82 Å². The lowest BCUT2D eigenvalue weighted by molar-refractivity contribution is 1.16. The Balaban J connectivity index is 2.32. The van der Waals surface area contributed by atoms with Crippen LogP contribution < -0.4 is 0 Å². The van der Waals surface area contributed by atoms with E-state index in [1.54, 1.807) is 10.6 Å². The Kier molecular flexibility index (Phi) is 2.41. The number of nitrogens with zero attached hydrogens (tertiary/aromatic N) is 3. The predicted octanol–water partition coefficient (Wildman–Crippen LogP) is 3.71. The first-order valence-corrected chi connectivity index (χ1v) is 5.67. The highest BCUT2D eigenvalue weighted by Crippen LogP contribution is 2.30. The van der Waals surface area contributed by atoms with Gasteiger partial charge in [-0.3, -0.25) is 4.40 Å². The fourth-order valence-electron chi connectivity index (χ4n) is 2.06. The third kappa shape index (κ3) is 1.59.